The molecule has 2 rings (SSSR count). The van der Waals surface area contributed by atoms with Crippen LogP contribution in [0, 0.1) is 0 Å². The second-order valence-electron chi connectivity index (χ2n) is 4.75. The SMILES string of the molecule is O=C(O)CN(Cc1cncc(Br)c1)C1CCCC1. The Bertz CT molecular complexity index is 419. The average molecular weight is 313 g/mol. The van der Waals surface area contributed by atoms with E-state index in [1.165, 1.54) is 12.8 Å². The van der Waals surface area contributed by atoms with E-state index in [-0.39, 0.29) is 6.54 Å². The first-order chi connectivity index (χ1) is 8.65. The van der Waals surface area contributed by atoms with Crippen molar-refractivity contribution in [3.63, 3.8) is 0 Å². The van der Waals surface area contributed by atoms with Crippen molar-refractivity contribution in [2.24, 2.45) is 0 Å². The van der Waals surface area contributed by atoms with Gasteiger partial charge in [0.2, 0.25) is 0 Å². The van der Waals surface area contributed by atoms with E-state index < -0.39 is 5.97 Å². The average Bonchev–Trinajstić information content (AvgIpc) is 2.80. The summed E-state index contributed by atoms with van der Waals surface area (Å²) in [4.78, 5) is 17.1. The topological polar surface area (TPSA) is 53.4 Å². The van der Waals surface area contributed by atoms with Gasteiger partial charge in [-0.3, -0.25) is 14.7 Å². The summed E-state index contributed by atoms with van der Waals surface area (Å²) in [5.74, 6) is -0.759. The zero-order chi connectivity index (χ0) is 13.0. The van der Waals surface area contributed by atoms with Crippen LogP contribution in [0.3, 0.4) is 0 Å². The first-order valence-corrected chi connectivity index (χ1v) is 7.00. The third-order valence-corrected chi connectivity index (χ3v) is 3.76. The van der Waals surface area contributed by atoms with E-state index in [1.807, 2.05) is 6.07 Å². The van der Waals surface area contributed by atoms with Gasteiger partial charge in [-0.1, -0.05) is 12.8 Å². The van der Waals surface area contributed by atoms with E-state index in [9.17, 15) is 4.79 Å². The predicted molar refractivity (Wildman–Crippen MR) is 72.2 cm³/mol. The Balaban J connectivity index is 2.06. The van der Waals surface area contributed by atoms with Crippen LogP contribution in [-0.4, -0.2) is 33.5 Å². The number of aromatic nitrogens is 1. The van der Waals surface area contributed by atoms with Gasteiger partial charge >= 0.3 is 5.97 Å². The molecule has 0 saturated heterocycles. The van der Waals surface area contributed by atoms with Gasteiger partial charge in [-0.25, -0.2) is 0 Å². The molecule has 5 heteroatoms. The van der Waals surface area contributed by atoms with Gasteiger partial charge < -0.3 is 5.11 Å². The highest BCUT2D eigenvalue weighted by atomic mass is 79.9. The van der Waals surface area contributed by atoms with Crippen molar-refractivity contribution in [1.29, 1.82) is 0 Å². The predicted octanol–water partition coefficient (Wildman–Crippen LogP) is 2.67. The number of aliphatic carboxylic acids is 1. The molecule has 18 heavy (non-hydrogen) atoms. The summed E-state index contributed by atoms with van der Waals surface area (Å²) in [5.41, 5.74) is 1.05. The second-order valence-corrected chi connectivity index (χ2v) is 5.66. The Morgan fingerprint density at radius 1 is 1.44 bits per heavy atom. The number of nitrogens with zero attached hydrogens (tertiary/aromatic N) is 2. The lowest BCUT2D eigenvalue weighted by Gasteiger charge is -2.27. The minimum atomic E-state index is -0.759. The maximum absolute atomic E-state index is 11.0. The Morgan fingerprint density at radius 3 is 2.78 bits per heavy atom. The number of carbonyl (C=O) groups is 1. The first-order valence-electron chi connectivity index (χ1n) is 6.20. The van der Waals surface area contributed by atoms with E-state index >= 15 is 0 Å². The molecule has 0 amide bonds. The third kappa shape index (κ3) is 3.78. The minimum absolute atomic E-state index is 0.108. The summed E-state index contributed by atoms with van der Waals surface area (Å²) in [6.07, 6.45) is 8.16. The van der Waals surface area contributed by atoms with Crippen LogP contribution < -0.4 is 0 Å². The van der Waals surface area contributed by atoms with Crippen molar-refractivity contribution >= 4 is 21.9 Å². The monoisotopic (exact) mass is 312 g/mol. The minimum Gasteiger partial charge on any atom is -0.480 e. The summed E-state index contributed by atoms with van der Waals surface area (Å²) in [6, 6.07) is 2.40. The molecule has 0 aromatic carbocycles. The molecule has 0 unspecified atom stereocenters. The largest absolute Gasteiger partial charge is 0.480 e. The molecular formula is C13H17BrN2O2. The molecule has 1 aliphatic rings. The normalized spacial score (nSPS) is 16.3. The van der Waals surface area contributed by atoms with Crippen molar-refractivity contribution in [3.8, 4) is 0 Å². The number of hydrogen-bond acceptors (Lipinski definition) is 3. The van der Waals surface area contributed by atoms with Crippen molar-refractivity contribution in [2.75, 3.05) is 6.54 Å². The lowest BCUT2D eigenvalue weighted by atomic mass is 10.1. The molecule has 1 aliphatic carbocycles. The van der Waals surface area contributed by atoms with Crippen molar-refractivity contribution in [1.82, 2.24) is 9.88 Å². The summed E-state index contributed by atoms with van der Waals surface area (Å²) in [5, 5.41) is 9.01. The van der Waals surface area contributed by atoms with Crippen LogP contribution in [0.5, 0.6) is 0 Å². The van der Waals surface area contributed by atoms with E-state index in [0.717, 1.165) is 22.9 Å². The molecule has 1 heterocycles. The van der Waals surface area contributed by atoms with Gasteiger partial charge in [-0.05, 0) is 40.4 Å². The van der Waals surface area contributed by atoms with E-state index in [2.05, 4.69) is 25.8 Å². The number of rotatable bonds is 5. The quantitative estimate of drug-likeness (QED) is 0.908. The molecule has 1 aromatic rings. The molecule has 1 N–H and O–H groups in total. The fraction of sp³-hybridized carbons (Fsp3) is 0.538. The molecule has 1 fully saturated rings. The Morgan fingerprint density at radius 2 is 2.17 bits per heavy atom. The smallest absolute Gasteiger partial charge is 0.317 e. The van der Waals surface area contributed by atoms with E-state index in [0.29, 0.717) is 12.6 Å². The molecule has 4 nitrogen and oxygen atoms in total. The lowest BCUT2D eigenvalue weighted by molar-refractivity contribution is -0.139. The molecule has 0 bridgehead atoms. The first kappa shape index (κ1) is 13.5. The van der Waals surface area contributed by atoms with Crippen LogP contribution in [0.25, 0.3) is 0 Å². The molecule has 0 atom stereocenters. The summed E-state index contributed by atoms with van der Waals surface area (Å²) in [6.45, 7) is 0.764. The Kier molecular flexibility index (Phi) is 4.72. The van der Waals surface area contributed by atoms with Crippen molar-refractivity contribution in [3.05, 3.63) is 28.5 Å². The highest BCUT2D eigenvalue weighted by Gasteiger charge is 2.24. The zero-order valence-corrected chi connectivity index (χ0v) is 11.8. The third-order valence-electron chi connectivity index (χ3n) is 3.33. The maximum Gasteiger partial charge on any atom is 0.317 e. The molecular weight excluding hydrogens is 296 g/mol. The fourth-order valence-corrected chi connectivity index (χ4v) is 2.95. The molecule has 0 spiro atoms. The Labute approximate surface area is 115 Å². The van der Waals surface area contributed by atoms with Gasteiger partial charge in [0.25, 0.3) is 0 Å². The van der Waals surface area contributed by atoms with Crippen LogP contribution in [0.4, 0.5) is 0 Å². The molecule has 0 aliphatic heterocycles. The maximum atomic E-state index is 11.0. The van der Waals surface area contributed by atoms with Crippen LogP contribution in [0.15, 0.2) is 22.9 Å². The summed E-state index contributed by atoms with van der Waals surface area (Å²) in [7, 11) is 0. The molecule has 98 valence electrons. The highest BCUT2D eigenvalue weighted by molar-refractivity contribution is 9.10. The van der Waals surface area contributed by atoms with Gasteiger partial charge in [-0.2, -0.15) is 0 Å². The number of pyridine rings is 1. The lowest BCUT2D eigenvalue weighted by Crippen LogP contribution is -2.37. The van der Waals surface area contributed by atoms with Gasteiger partial charge in [0.15, 0.2) is 0 Å². The van der Waals surface area contributed by atoms with Crippen molar-refractivity contribution < 1.29 is 9.90 Å². The highest BCUT2D eigenvalue weighted by Crippen LogP contribution is 2.25. The number of carboxylic acids is 1. The van der Waals surface area contributed by atoms with Gasteiger partial charge in [0.05, 0.1) is 6.54 Å². The molecule has 1 aromatic heterocycles. The Hall–Kier alpha value is -0.940. The second kappa shape index (κ2) is 6.29. The van der Waals surface area contributed by atoms with Crippen LogP contribution in [-0.2, 0) is 11.3 Å². The number of halogens is 1. The van der Waals surface area contributed by atoms with Crippen LogP contribution in [0.2, 0.25) is 0 Å². The zero-order valence-electron chi connectivity index (χ0n) is 10.2. The van der Waals surface area contributed by atoms with Crippen LogP contribution in [0.1, 0.15) is 31.2 Å². The van der Waals surface area contributed by atoms with Gasteiger partial charge in [-0.15, -0.1) is 0 Å². The van der Waals surface area contributed by atoms with Crippen molar-refractivity contribution in [2.45, 2.75) is 38.3 Å². The number of carboxylic acid groups (broad SMARTS) is 1. The summed E-state index contributed by atoms with van der Waals surface area (Å²) >= 11 is 3.39. The fourth-order valence-electron chi connectivity index (χ4n) is 2.53. The van der Waals surface area contributed by atoms with Gasteiger partial charge in [0.1, 0.15) is 0 Å². The molecule has 1 saturated carbocycles. The van der Waals surface area contributed by atoms with E-state index in [4.69, 9.17) is 5.11 Å². The number of hydrogen-bond donors (Lipinski definition) is 1. The van der Waals surface area contributed by atoms with E-state index in [1.54, 1.807) is 12.4 Å². The molecule has 0 radical (unpaired) electrons. The van der Waals surface area contributed by atoms with Gasteiger partial charge in [0, 0.05) is 29.5 Å². The standard InChI is InChI=1S/C13H17BrN2O2/c14-11-5-10(6-15-7-11)8-16(9-13(17)18)12-3-1-2-4-12/h5-7,12H,1-4,8-9H2,(H,17,18). The summed E-state index contributed by atoms with van der Waals surface area (Å²) < 4.78 is 0.932. The van der Waals surface area contributed by atoms with Crippen LogP contribution >= 0.6 is 15.9 Å².